The lowest BCUT2D eigenvalue weighted by Crippen LogP contribution is -2.60. The van der Waals surface area contributed by atoms with Crippen LogP contribution in [0.1, 0.15) is 27.2 Å². The van der Waals surface area contributed by atoms with Crippen LogP contribution in [-0.4, -0.2) is 46.6 Å². The Kier molecular flexibility index (Phi) is 3.06. The first kappa shape index (κ1) is 14.7. The van der Waals surface area contributed by atoms with Gasteiger partial charge >= 0.3 is 5.97 Å². The summed E-state index contributed by atoms with van der Waals surface area (Å²) in [4.78, 5) is 24.2. The van der Waals surface area contributed by atoms with Crippen molar-refractivity contribution in [3.8, 4) is 0 Å². The molecule has 1 unspecified atom stereocenters. The first-order valence-electron chi connectivity index (χ1n) is 7.18. The van der Waals surface area contributed by atoms with E-state index in [2.05, 4.69) is 0 Å². The van der Waals surface area contributed by atoms with E-state index in [1.807, 2.05) is 6.92 Å². The van der Waals surface area contributed by atoms with Crippen LogP contribution >= 0.6 is 0 Å². The lowest BCUT2D eigenvalue weighted by molar-refractivity contribution is -0.247. The van der Waals surface area contributed by atoms with Crippen molar-refractivity contribution in [3.05, 3.63) is 11.6 Å². The number of aliphatic hydroxyl groups is 2. The molecule has 2 saturated heterocycles. The zero-order valence-electron chi connectivity index (χ0n) is 12.3. The molecule has 1 aliphatic carbocycles. The molecule has 0 radical (unpaired) electrons. The largest absolute Gasteiger partial charge is 0.463 e. The van der Waals surface area contributed by atoms with Crippen molar-refractivity contribution in [2.75, 3.05) is 6.61 Å². The molecular weight excluding hydrogens is 276 g/mol. The van der Waals surface area contributed by atoms with Gasteiger partial charge < -0.3 is 19.7 Å². The molecular formula is C15H20O6. The number of hydrogen-bond donors (Lipinski definition) is 2. The molecule has 2 fully saturated rings. The van der Waals surface area contributed by atoms with Crippen molar-refractivity contribution in [3.63, 3.8) is 0 Å². The summed E-state index contributed by atoms with van der Waals surface area (Å²) < 4.78 is 10.6. The van der Waals surface area contributed by atoms with Gasteiger partial charge in [-0.3, -0.25) is 4.79 Å². The highest BCUT2D eigenvalue weighted by Crippen LogP contribution is 2.59. The third-order valence-corrected chi connectivity index (χ3v) is 5.35. The summed E-state index contributed by atoms with van der Waals surface area (Å²) in [6, 6.07) is 0. The summed E-state index contributed by atoms with van der Waals surface area (Å²) in [6.07, 6.45) is -0.335. The lowest BCUT2D eigenvalue weighted by Gasteiger charge is -2.48. The topological polar surface area (TPSA) is 93.1 Å². The van der Waals surface area contributed by atoms with Crippen molar-refractivity contribution in [2.45, 2.75) is 45.2 Å². The number of esters is 1. The summed E-state index contributed by atoms with van der Waals surface area (Å²) >= 11 is 0. The quantitative estimate of drug-likeness (QED) is 0.619. The monoisotopic (exact) mass is 296 g/mol. The van der Waals surface area contributed by atoms with Gasteiger partial charge in [0.1, 0.15) is 6.10 Å². The Morgan fingerprint density at radius 1 is 1.38 bits per heavy atom. The zero-order chi connectivity index (χ0) is 15.6. The van der Waals surface area contributed by atoms with Gasteiger partial charge in [-0.25, -0.2) is 4.79 Å². The standard InChI is InChI=1S/C15H20O6/c1-7-4-5-15(12(17)10(7)16)9-8(2)6-20-13(18)11(9)21-14(15,3)19/h4,8-9,11-12,17,19H,5-6H2,1-3H3/t8-,9+,11+,12-,14-,15?/m1/s1. The number of rotatable bonds is 0. The lowest BCUT2D eigenvalue weighted by atomic mass is 9.57. The summed E-state index contributed by atoms with van der Waals surface area (Å²) in [5.41, 5.74) is -0.744. The van der Waals surface area contributed by atoms with Crippen molar-refractivity contribution in [1.82, 2.24) is 0 Å². The van der Waals surface area contributed by atoms with Gasteiger partial charge in [0.25, 0.3) is 0 Å². The molecule has 3 aliphatic rings. The van der Waals surface area contributed by atoms with Crippen LogP contribution in [0.25, 0.3) is 0 Å². The van der Waals surface area contributed by atoms with E-state index in [1.165, 1.54) is 6.92 Å². The smallest absolute Gasteiger partial charge is 0.335 e. The van der Waals surface area contributed by atoms with Gasteiger partial charge in [-0.1, -0.05) is 13.0 Å². The van der Waals surface area contributed by atoms with E-state index < -0.39 is 41.1 Å². The normalized spacial score (nSPS) is 49.9. The van der Waals surface area contributed by atoms with Crippen LogP contribution in [0.15, 0.2) is 11.6 Å². The molecule has 6 nitrogen and oxygen atoms in total. The molecule has 0 amide bonds. The Bertz CT molecular complexity index is 536. The number of ketones is 1. The fraction of sp³-hybridized carbons (Fsp3) is 0.733. The summed E-state index contributed by atoms with van der Waals surface area (Å²) in [7, 11) is 0. The predicted octanol–water partition coefficient (Wildman–Crippen LogP) is 0.169. The number of aliphatic hydroxyl groups excluding tert-OH is 1. The number of carbonyl (C=O) groups excluding carboxylic acids is 2. The van der Waals surface area contributed by atoms with Crippen LogP contribution in [0.3, 0.4) is 0 Å². The maximum atomic E-state index is 12.2. The molecule has 116 valence electrons. The zero-order valence-corrected chi connectivity index (χ0v) is 12.3. The molecule has 6 heteroatoms. The second kappa shape index (κ2) is 4.38. The number of carbonyl (C=O) groups is 2. The van der Waals surface area contributed by atoms with E-state index in [0.717, 1.165) is 0 Å². The van der Waals surface area contributed by atoms with Gasteiger partial charge in [0.15, 0.2) is 17.7 Å². The Labute approximate surface area is 122 Å². The first-order chi connectivity index (χ1) is 9.72. The Morgan fingerprint density at radius 3 is 2.71 bits per heavy atom. The molecule has 1 spiro atoms. The average Bonchev–Trinajstić information content (AvgIpc) is 2.66. The number of allylic oxidation sites excluding steroid dienone is 1. The number of fused-ring (bicyclic) bond motifs is 2. The van der Waals surface area contributed by atoms with Gasteiger partial charge in [0, 0.05) is 5.92 Å². The van der Waals surface area contributed by atoms with Gasteiger partial charge in [-0.2, -0.15) is 0 Å². The Hall–Kier alpha value is -1.24. The highest BCUT2D eigenvalue weighted by atomic mass is 16.7. The Morgan fingerprint density at radius 2 is 2.05 bits per heavy atom. The highest BCUT2D eigenvalue weighted by molar-refractivity contribution is 6.00. The molecule has 0 aromatic carbocycles. The number of hydrogen-bond acceptors (Lipinski definition) is 6. The van der Waals surface area contributed by atoms with Crippen molar-refractivity contribution in [1.29, 1.82) is 0 Å². The van der Waals surface area contributed by atoms with Crippen LogP contribution in [0, 0.1) is 17.3 Å². The van der Waals surface area contributed by atoms with Crippen molar-refractivity contribution >= 4 is 11.8 Å². The molecule has 2 N–H and O–H groups in total. The molecule has 3 rings (SSSR count). The van der Waals surface area contributed by atoms with Crippen LogP contribution < -0.4 is 0 Å². The van der Waals surface area contributed by atoms with Crippen LogP contribution in [0.4, 0.5) is 0 Å². The maximum Gasteiger partial charge on any atom is 0.335 e. The second-order valence-corrected chi connectivity index (χ2v) is 6.55. The van der Waals surface area contributed by atoms with Crippen molar-refractivity contribution < 1.29 is 29.3 Å². The van der Waals surface area contributed by atoms with E-state index in [-0.39, 0.29) is 18.9 Å². The van der Waals surface area contributed by atoms with Crippen molar-refractivity contribution in [2.24, 2.45) is 17.3 Å². The van der Waals surface area contributed by atoms with Crippen LogP contribution in [0.5, 0.6) is 0 Å². The third kappa shape index (κ3) is 1.69. The summed E-state index contributed by atoms with van der Waals surface area (Å²) in [5, 5.41) is 21.3. The third-order valence-electron chi connectivity index (χ3n) is 5.35. The molecule has 6 atom stereocenters. The van der Waals surface area contributed by atoms with Crippen LogP contribution in [0.2, 0.25) is 0 Å². The second-order valence-electron chi connectivity index (χ2n) is 6.55. The molecule has 0 bridgehead atoms. The van der Waals surface area contributed by atoms with E-state index in [9.17, 15) is 19.8 Å². The number of ether oxygens (including phenoxy) is 2. The van der Waals surface area contributed by atoms with E-state index in [4.69, 9.17) is 9.47 Å². The maximum absolute atomic E-state index is 12.2. The van der Waals surface area contributed by atoms with Gasteiger partial charge in [0.05, 0.1) is 12.0 Å². The number of Topliss-reactive ketones (excluding diaryl/α,β-unsaturated/α-hetero) is 1. The van der Waals surface area contributed by atoms with Crippen LogP contribution in [-0.2, 0) is 19.1 Å². The minimum atomic E-state index is -1.77. The van der Waals surface area contributed by atoms with E-state index >= 15 is 0 Å². The fourth-order valence-electron chi connectivity index (χ4n) is 4.16. The fourth-order valence-corrected chi connectivity index (χ4v) is 4.16. The molecule has 0 aromatic heterocycles. The predicted molar refractivity (Wildman–Crippen MR) is 70.9 cm³/mol. The minimum absolute atomic E-state index is 0.115. The van der Waals surface area contributed by atoms with E-state index in [1.54, 1.807) is 13.0 Å². The summed E-state index contributed by atoms with van der Waals surface area (Å²) in [6.45, 7) is 5.12. The molecule has 2 aliphatic heterocycles. The molecule has 0 aromatic rings. The van der Waals surface area contributed by atoms with Gasteiger partial charge in [-0.05, 0) is 31.8 Å². The molecule has 21 heavy (non-hydrogen) atoms. The first-order valence-corrected chi connectivity index (χ1v) is 7.18. The van der Waals surface area contributed by atoms with Gasteiger partial charge in [-0.15, -0.1) is 0 Å². The Balaban J connectivity index is 2.15. The van der Waals surface area contributed by atoms with Gasteiger partial charge in [0.2, 0.25) is 0 Å². The molecule has 0 saturated carbocycles. The number of cyclic esters (lactones) is 1. The molecule has 2 heterocycles. The summed E-state index contributed by atoms with van der Waals surface area (Å²) in [5.74, 6) is -3.31. The SMILES string of the molecule is CC1=CCC2([C@H]3[C@H](C)COC(=O)[C@H]3O[C@@]2(C)O)[C@H](O)C1=O. The highest BCUT2D eigenvalue weighted by Gasteiger charge is 2.71. The van der Waals surface area contributed by atoms with E-state index in [0.29, 0.717) is 5.57 Å². The minimum Gasteiger partial charge on any atom is -0.463 e. The average molecular weight is 296 g/mol.